The van der Waals surface area contributed by atoms with Crippen LogP contribution in [0, 0.1) is 5.92 Å². The number of carboxylic acids is 1. The average molecular weight is 311 g/mol. The van der Waals surface area contributed by atoms with Crippen molar-refractivity contribution in [2.24, 2.45) is 5.92 Å². The highest BCUT2D eigenvalue weighted by Gasteiger charge is 2.25. The predicted molar refractivity (Wildman–Crippen MR) is 80.6 cm³/mol. The zero-order chi connectivity index (χ0) is 15.2. The highest BCUT2D eigenvalue weighted by molar-refractivity contribution is 7.09. The molecule has 116 valence electrons. The van der Waals surface area contributed by atoms with Crippen LogP contribution in [0.1, 0.15) is 41.7 Å². The maximum Gasteiger partial charge on any atom is 0.355 e. The van der Waals surface area contributed by atoms with Gasteiger partial charge in [-0.05, 0) is 25.3 Å². The van der Waals surface area contributed by atoms with Crippen molar-refractivity contribution >= 4 is 23.2 Å². The lowest BCUT2D eigenvalue weighted by Gasteiger charge is -2.28. The van der Waals surface area contributed by atoms with E-state index in [1.54, 1.807) is 0 Å². The van der Waals surface area contributed by atoms with Crippen LogP contribution in [0.4, 0.5) is 0 Å². The van der Waals surface area contributed by atoms with Crippen LogP contribution in [0.5, 0.6) is 0 Å². The van der Waals surface area contributed by atoms with Crippen molar-refractivity contribution in [3.63, 3.8) is 0 Å². The minimum atomic E-state index is -1.02. The van der Waals surface area contributed by atoms with E-state index in [1.165, 1.54) is 16.7 Å². The first-order valence-corrected chi connectivity index (χ1v) is 8.17. The average Bonchev–Trinajstić information content (AvgIpc) is 2.96. The van der Waals surface area contributed by atoms with Gasteiger partial charge in [0.15, 0.2) is 5.69 Å². The van der Waals surface area contributed by atoms with Gasteiger partial charge >= 0.3 is 5.97 Å². The standard InChI is InChI=1S/C14H21N3O3S/c1-2-9-3-5-15-10(7-9)13(18)16-6-4-12-17-11(8-21-12)14(19)20/h8-10,15H,2-7H2,1H3,(H,16,18)(H,19,20). The predicted octanol–water partition coefficient (Wildman–Crippen LogP) is 1.28. The second kappa shape index (κ2) is 7.51. The summed E-state index contributed by atoms with van der Waals surface area (Å²) in [5, 5.41) is 17.2. The molecule has 1 fully saturated rings. The third kappa shape index (κ3) is 4.50. The Kier molecular flexibility index (Phi) is 5.69. The van der Waals surface area contributed by atoms with Gasteiger partial charge < -0.3 is 15.7 Å². The lowest BCUT2D eigenvalue weighted by atomic mass is 9.90. The second-order valence-corrected chi connectivity index (χ2v) is 6.22. The van der Waals surface area contributed by atoms with Crippen molar-refractivity contribution in [2.45, 2.75) is 38.6 Å². The Balaban J connectivity index is 1.74. The van der Waals surface area contributed by atoms with Crippen LogP contribution in [0.3, 0.4) is 0 Å². The van der Waals surface area contributed by atoms with Gasteiger partial charge in [-0.3, -0.25) is 4.79 Å². The van der Waals surface area contributed by atoms with Crippen molar-refractivity contribution in [2.75, 3.05) is 13.1 Å². The molecule has 2 rings (SSSR count). The molecule has 1 aliphatic rings. The molecule has 1 saturated heterocycles. The Hall–Kier alpha value is -1.47. The molecule has 1 aromatic rings. The molecule has 6 nitrogen and oxygen atoms in total. The molecule has 2 heterocycles. The molecule has 1 aliphatic heterocycles. The maximum absolute atomic E-state index is 12.1. The van der Waals surface area contributed by atoms with Crippen molar-refractivity contribution in [1.82, 2.24) is 15.6 Å². The van der Waals surface area contributed by atoms with Gasteiger partial charge in [0, 0.05) is 18.3 Å². The van der Waals surface area contributed by atoms with Gasteiger partial charge in [-0.2, -0.15) is 0 Å². The number of carbonyl (C=O) groups is 2. The molecule has 0 aliphatic carbocycles. The van der Waals surface area contributed by atoms with E-state index in [2.05, 4.69) is 22.5 Å². The van der Waals surface area contributed by atoms with E-state index in [-0.39, 0.29) is 17.6 Å². The minimum absolute atomic E-state index is 0.0307. The van der Waals surface area contributed by atoms with E-state index in [0.717, 1.165) is 30.8 Å². The monoisotopic (exact) mass is 311 g/mol. The summed E-state index contributed by atoms with van der Waals surface area (Å²) >= 11 is 1.31. The van der Waals surface area contributed by atoms with E-state index in [9.17, 15) is 9.59 Å². The molecule has 1 amide bonds. The van der Waals surface area contributed by atoms with Gasteiger partial charge in [0.25, 0.3) is 0 Å². The SMILES string of the molecule is CCC1CCNC(C(=O)NCCc2nc(C(=O)O)cs2)C1. The van der Waals surface area contributed by atoms with Gasteiger partial charge in [-0.15, -0.1) is 11.3 Å². The second-order valence-electron chi connectivity index (χ2n) is 5.28. The molecule has 0 radical (unpaired) electrons. The number of nitrogens with one attached hydrogen (secondary N) is 2. The van der Waals surface area contributed by atoms with E-state index < -0.39 is 5.97 Å². The lowest BCUT2D eigenvalue weighted by Crippen LogP contribution is -2.49. The highest BCUT2D eigenvalue weighted by atomic mass is 32.1. The number of amides is 1. The molecule has 3 N–H and O–H groups in total. The fourth-order valence-corrected chi connectivity index (χ4v) is 3.28. The summed E-state index contributed by atoms with van der Waals surface area (Å²) in [6.07, 6.45) is 3.70. The van der Waals surface area contributed by atoms with Gasteiger partial charge in [-0.25, -0.2) is 9.78 Å². The third-order valence-electron chi connectivity index (χ3n) is 3.82. The topological polar surface area (TPSA) is 91.3 Å². The van der Waals surface area contributed by atoms with Crippen molar-refractivity contribution in [3.05, 3.63) is 16.1 Å². The van der Waals surface area contributed by atoms with E-state index >= 15 is 0 Å². The number of nitrogens with zero attached hydrogens (tertiary/aromatic N) is 1. The van der Waals surface area contributed by atoms with Gasteiger partial charge in [0.2, 0.25) is 5.91 Å². The molecule has 2 atom stereocenters. The van der Waals surface area contributed by atoms with E-state index in [1.807, 2.05) is 0 Å². The Morgan fingerprint density at radius 1 is 1.57 bits per heavy atom. The molecular weight excluding hydrogens is 290 g/mol. The molecule has 1 aromatic heterocycles. The maximum atomic E-state index is 12.1. The summed E-state index contributed by atoms with van der Waals surface area (Å²) in [6, 6.07) is -0.102. The molecule has 7 heteroatoms. The van der Waals surface area contributed by atoms with Crippen molar-refractivity contribution in [1.29, 1.82) is 0 Å². The third-order valence-corrected chi connectivity index (χ3v) is 4.72. The normalized spacial score (nSPS) is 22.0. The Labute approximate surface area is 128 Å². The van der Waals surface area contributed by atoms with Crippen molar-refractivity contribution in [3.8, 4) is 0 Å². The number of carbonyl (C=O) groups excluding carboxylic acids is 1. The summed E-state index contributed by atoms with van der Waals surface area (Å²) < 4.78 is 0. The van der Waals surface area contributed by atoms with Crippen LogP contribution in [0.2, 0.25) is 0 Å². The zero-order valence-corrected chi connectivity index (χ0v) is 12.9. The largest absolute Gasteiger partial charge is 0.476 e. The van der Waals surface area contributed by atoms with E-state index in [4.69, 9.17) is 5.11 Å². The smallest absolute Gasteiger partial charge is 0.355 e. The van der Waals surface area contributed by atoms with Crippen LogP contribution in [0.25, 0.3) is 0 Å². The molecular formula is C14H21N3O3S. The van der Waals surface area contributed by atoms with Crippen LogP contribution in [-0.4, -0.2) is 41.1 Å². The van der Waals surface area contributed by atoms with Crippen LogP contribution in [0.15, 0.2) is 5.38 Å². The fourth-order valence-electron chi connectivity index (χ4n) is 2.51. The first-order valence-electron chi connectivity index (χ1n) is 7.29. The number of rotatable bonds is 6. The Morgan fingerprint density at radius 3 is 3.05 bits per heavy atom. The first-order chi connectivity index (χ1) is 10.1. The number of thiazole rings is 1. The molecule has 0 bridgehead atoms. The van der Waals surface area contributed by atoms with E-state index in [0.29, 0.717) is 18.9 Å². The van der Waals surface area contributed by atoms with Gasteiger partial charge in [0.1, 0.15) is 0 Å². The van der Waals surface area contributed by atoms with Crippen molar-refractivity contribution < 1.29 is 14.7 Å². The number of hydrogen-bond acceptors (Lipinski definition) is 5. The first kappa shape index (κ1) is 15.9. The van der Waals surface area contributed by atoms with Gasteiger partial charge in [0.05, 0.1) is 11.0 Å². The summed E-state index contributed by atoms with van der Waals surface area (Å²) in [5.74, 6) is -0.360. The molecule has 0 aromatic carbocycles. The van der Waals surface area contributed by atoms with Crippen LogP contribution in [-0.2, 0) is 11.2 Å². The highest BCUT2D eigenvalue weighted by Crippen LogP contribution is 2.19. The number of aromatic nitrogens is 1. The van der Waals surface area contributed by atoms with Gasteiger partial charge in [-0.1, -0.05) is 13.3 Å². The summed E-state index contributed by atoms with van der Waals surface area (Å²) in [4.78, 5) is 26.8. The Bertz CT molecular complexity index is 503. The summed E-state index contributed by atoms with van der Waals surface area (Å²) in [6.45, 7) is 3.54. The summed E-state index contributed by atoms with van der Waals surface area (Å²) in [5.41, 5.74) is 0.0704. The molecule has 0 saturated carbocycles. The molecule has 21 heavy (non-hydrogen) atoms. The quantitative estimate of drug-likeness (QED) is 0.736. The minimum Gasteiger partial charge on any atom is -0.476 e. The lowest BCUT2D eigenvalue weighted by molar-refractivity contribution is -0.124. The van der Waals surface area contributed by atoms with Crippen LogP contribution < -0.4 is 10.6 Å². The summed E-state index contributed by atoms with van der Waals surface area (Å²) in [7, 11) is 0. The number of aromatic carboxylic acids is 1. The zero-order valence-electron chi connectivity index (χ0n) is 12.1. The molecule has 0 spiro atoms. The number of piperidine rings is 1. The number of hydrogen-bond donors (Lipinski definition) is 3. The fraction of sp³-hybridized carbons (Fsp3) is 0.643. The van der Waals surface area contributed by atoms with Crippen LogP contribution >= 0.6 is 11.3 Å². The number of carboxylic acid groups (broad SMARTS) is 1. The Morgan fingerprint density at radius 2 is 2.38 bits per heavy atom. The molecule has 2 unspecified atom stereocenters.